The molecule has 3 rings (SSSR count). The van der Waals surface area contributed by atoms with Crippen molar-refractivity contribution in [1.82, 2.24) is 0 Å². The summed E-state index contributed by atoms with van der Waals surface area (Å²) >= 11 is 0. The van der Waals surface area contributed by atoms with E-state index in [1.54, 1.807) is 62.4 Å². The van der Waals surface area contributed by atoms with Crippen LogP contribution < -0.4 is 10.6 Å². The molecule has 1 N–H and O–H groups in total. The van der Waals surface area contributed by atoms with Gasteiger partial charge in [-0.25, -0.2) is 0 Å². The van der Waals surface area contributed by atoms with Gasteiger partial charge in [-0.05, 0) is 37.1 Å². The number of hydrogen-bond donors (Lipinski definition) is 1. The molecular formula is C21H19O3P. The minimum absolute atomic E-state index is 0.0980. The molecule has 3 nitrogen and oxygen atoms in total. The molecule has 0 unspecified atom stereocenters. The van der Waals surface area contributed by atoms with Gasteiger partial charge in [-0.3, -0.25) is 4.79 Å². The maximum Gasteiger partial charge on any atom is 0.230 e. The fourth-order valence-corrected chi connectivity index (χ4v) is 5.71. The predicted molar refractivity (Wildman–Crippen MR) is 102 cm³/mol. The van der Waals surface area contributed by atoms with Crippen molar-refractivity contribution in [2.24, 2.45) is 0 Å². The van der Waals surface area contributed by atoms with Gasteiger partial charge in [0, 0.05) is 16.2 Å². The highest BCUT2D eigenvalue weighted by Crippen LogP contribution is 2.48. The average molecular weight is 350 g/mol. The van der Waals surface area contributed by atoms with Gasteiger partial charge in [-0.2, -0.15) is 0 Å². The zero-order valence-electron chi connectivity index (χ0n) is 14.1. The Labute approximate surface area is 147 Å². The summed E-state index contributed by atoms with van der Waals surface area (Å²) in [6.07, 6.45) is 0. The van der Waals surface area contributed by atoms with Crippen molar-refractivity contribution in [3.05, 3.63) is 89.5 Å². The molecule has 0 aromatic heterocycles. The highest BCUT2D eigenvalue weighted by Gasteiger charge is 2.37. The Morgan fingerprint density at radius 1 is 0.800 bits per heavy atom. The van der Waals surface area contributed by atoms with E-state index in [2.05, 4.69) is 0 Å². The van der Waals surface area contributed by atoms with E-state index in [1.165, 1.54) is 12.1 Å². The highest BCUT2D eigenvalue weighted by molar-refractivity contribution is 7.93. The van der Waals surface area contributed by atoms with Crippen LogP contribution in [0.3, 0.4) is 0 Å². The Morgan fingerprint density at radius 3 is 1.60 bits per heavy atom. The molecule has 0 atom stereocenters. The molecule has 3 aromatic carbocycles. The van der Waals surface area contributed by atoms with Crippen LogP contribution in [0.25, 0.3) is 0 Å². The number of carbonyl (C=O) groups excluding carboxylic acids is 1. The van der Waals surface area contributed by atoms with Gasteiger partial charge in [0.25, 0.3) is 0 Å². The fraction of sp³-hybridized carbons (Fsp3) is 0.0952. The van der Waals surface area contributed by atoms with Gasteiger partial charge < -0.3 is 9.67 Å². The van der Waals surface area contributed by atoms with E-state index >= 15 is 0 Å². The molecule has 0 fully saturated rings. The van der Waals surface area contributed by atoms with Crippen LogP contribution in [0, 0.1) is 13.8 Å². The third kappa shape index (κ3) is 3.04. The number of aryl methyl sites for hydroxylation is 2. The standard InChI is InChI=1S/C21H19O3P/c1-15-13-17(22)14-16(2)20(15)21(23)25(24,18-9-5-3-6-10-18)19-11-7-4-8-12-19/h3-14,22H,1-2H3. The number of phenols is 1. The molecule has 3 aromatic rings. The number of phenolic OH excluding ortho intramolecular Hbond substituents is 1. The second kappa shape index (κ2) is 6.70. The van der Waals surface area contributed by atoms with E-state index in [-0.39, 0.29) is 5.75 Å². The second-order valence-electron chi connectivity index (χ2n) is 6.04. The molecule has 0 heterocycles. The van der Waals surface area contributed by atoms with Gasteiger partial charge in [0.05, 0.1) is 0 Å². The van der Waals surface area contributed by atoms with Crippen LogP contribution in [0.1, 0.15) is 21.5 Å². The summed E-state index contributed by atoms with van der Waals surface area (Å²) in [5, 5.41) is 10.8. The lowest BCUT2D eigenvalue weighted by atomic mass is 10.0. The highest BCUT2D eigenvalue weighted by atomic mass is 31.2. The van der Waals surface area contributed by atoms with Crippen molar-refractivity contribution >= 4 is 23.3 Å². The summed E-state index contributed by atoms with van der Waals surface area (Å²) in [4.78, 5) is 13.5. The van der Waals surface area contributed by atoms with Crippen molar-refractivity contribution < 1.29 is 14.5 Å². The lowest BCUT2D eigenvalue weighted by Crippen LogP contribution is -2.23. The maximum absolute atomic E-state index is 14.1. The van der Waals surface area contributed by atoms with E-state index in [1.807, 2.05) is 12.1 Å². The van der Waals surface area contributed by atoms with Crippen molar-refractivity contribution in [3.63, 3.8) is 0 Å². The molecule has 25 heavy (non-hydrogen) atoms. The summed E-state index contributed by atoms with van der Waals surface area (Å²) in [5.41, 5.74) is 1.25. The minimum atomic E-state index is -3.53. The number of hydrogen-bond acceptors (Lipinski definition) is 3. The Balaban J connectivity index is 2.27. The first kappa shape index (κ1) is 17.2. The van der Waals surface area contributed by atoms with Crippen LogP contribution in [-0.2, 0) is 4.57 Å². The van der Waals surface area contributed by atoms with Crippen LogP contribution in [0.5, 0.6) is 5.75 Å². The molecule has 0 saturated carbocycles. The van der Waals surface area contributed by atoms with Crippen LogP contribution in [0.4, 0.5) is 0 Å². The average Bonchev–Trinajstić information content (AvgIpc) is 2.61. The molecule has 126 valence electrons. The van der Waals surface area contributed by atoms with E-state index < -0.39 is 12.7 Å². The molecule has 0 aliphatic heterocycles. The summed E-state index contributed by atoms with van der Waals surface area (Å²) in [5.74, 6) is 0.0980. The normalized spacial score (nSPS) is 11.3. The van der Waals surface area contributed by atoms with Gasteiger partial charge in [0.1, 0.15) is 5.75 Å². The third-order valence-corrected chi connectivity index (χ3v) is 7.10. The molecular weight excluding hydrogens is 331 g/mol. The smallest absolute Gasteiger partial charge is 0.230 e. The van der Waals surface area contributed by atoms with Crippen LogP contribution in [0.15, 0.2) is 72.8 Å². The van der Waals surface area contributed by atoms with Crippen LogP contribution >= 0.6 is 7.14 Å². The molecule has 0 aliphatic carbocycles. The number of benzene rings is 3. The monoisotopic (exact) mass is 350 g/mol. The molecule has 0 aliphatic rings. The Kier molecular flexibility index (Phi) is 4.61. The van der Waals surface area contributed by atoms with E-state index in [4.69, 9.17) is 0 Å². The topological polar surface area (TPSA) is 54.4 Å². The quantitative estimate of drug-likeness (QED) is 0.719. The van der Waals surface area contributed by atoms with Crippen molar-refractivity contribution in [2.45, 2.75) is 13.8 Å². The first-order chi connectivity index (χ1) is 11.9. The Hall–Kier alpha value is -2.64. The zero-order chi connectivity index (χ0) is 18.0. The molecule has 0 bridgehead atoms. The number of aromatic hydroxyl groups is 1. The molecule has 0 radical (unpaired) electrons. The summed E-state index contributed by atoms with van der Waals surface area (Å²) in [6, 6.07) is 20.8. The molecule has 4 heteroatoms. The first-order valence-electron chi connectivity index (χ1n) is 8.01. The predicted octanol–water partition coefficient (Wildman–Crippen LogP) is 4.16. The molecule has 0 amide bonds. The fourth-order valence-electron chi connectivity index (χ4n) is 3.09. The summed E-state index contributed by atoms with van der Waals surface area (Å²) in [7, 11) is -3.53. The van der Waals surface area contributed by atoms with E-state index in [0.717, 1.165) is 0 Å². The van der Waals surface area contributed by atoms with Gasteiger partial charge in [-0.1, -0.05) is 60.7 Å². The Morgan fingerprint density at radius 2 is 1.20 bits per heavy atom. The molecule has 0 saturated heterocycles. The van der Waals surface area contributed by atoms with Crippen LogP contribution in [0.2, 0.25) is 0 Å². The largest absolute Gasteiger partial charge is 0.508 e. The molecule has 0 spiro atoms. The maximum atomic E-state index is 14.1. The lowest BCUT2D eigenvalue weighted by molar-refractivity contribution is 0.107. The van der Waals surface area contributed by atoms with Gasteiger partial charge in [-0.15, -0.1) is 0 Å². The van der Waals surface area contributed by atoms with E-state index in [0.29, 0.717) is 27.3 Å². The van der Waals surface area contributed by atoms with Gasteiger partial charge in [0.15, 0.2) is 0 Å². The zero-order valence-corrected chi connectivity index (χ0v) is 15.0. The van der Waals surface area contributed by atoms with E-state index in [9.17, 15) is 14.5 Å². The van der Waals surface area contributed by atoms with Gasteiger partial charge in [0.2, 0.25) is 12.7 Å². The van der Waals surface area contributed by atoms with Crippen LogP contribution in [-0.4, -0.2) is 10.6 Å². The second-order valence-corrected chi connectivity index (χ2v) is 8.70. The lowest BCUT2D eigenvalue weighted by Gasteiger charge is -2.20. The number of carbonyl (C=O) groups is 1. The summed E-state index contributed by atoms with van der Waals surface area (Å²) in [6.45, 7) is 3.50. The minimum Gasteiger partial charge on any atom is -0.508 e. The summed E-state index contributed by atoms with van der Waals surface area (Å²) < 4.78 is 14.1. The van der Waals surface area contributed by atoms with Crippen molar-refractivity contribution in [2.75, 3.05) is 0 Å². The third-order valence-electron chi connectivity index (χ3n) is 4.26. The van der Waals surface area contributed by atoms with Crippen molar-refractivity contribution in [1.29, 1.82) is 0 Å². The first-order valence-corrected chi connectivity index (χ1v) is 9.71. The van der Waals surface area contributed by atoms with Gasteiger partial charge >= 0.3 is 0 Å². The Bertz CT molecular complexity index is 896. The van der Waals surface area contributed by atoms with Crippen molar-refractivity contribution in [3.8, 4) is 5.75 Å². The number of rotatable bonds is 4. The SMILES string of the molecule is Cc1cc(O)cc(C)c1C(=O)P(=O)(c1ccccc1)c1ccccc1.